The number of hydrogen-bond acceptors (Lipinski definition) is 3. The van der Waals surface area contributed by atoms with Crippen LogP contribution in [-0.4, -0.2) is 23.2 Å². The van der Waals surface area contributed by atoms with E-state index in [1.54, 1.807) is 13.3 Å². The van der Waals surface area contributed by atoms with Crippen LogP contribution in [0.15, 0.2) is 36.9 Å². The number of methoxy groups -OCH3 is 1. The fourth-order valence-corrected chi connectivity index (χ4v) is 2.19. The van der Waals surface area contributed by atoms with Gasteiger partial charge in [0, 0.05) is 24.0 Å². The molecule has 0 spiro atoms. The molecule has 0 fully saturated rings. The third-order valence-corrected chi connectivity index (χ3v) is 3.23. The average Bonchev–Trinajstić information content (AvgIpc) is 2.92. The van der Waals surface area contributed by atoms with Gasteiger partial charge in [0.25, 0.3) is 0 Å². The summed E-state index contributed by atoms with van der Waals surface area (Å²) in [6.45, 7) is 6.03. The second-order valence-electron chi connectivity index (χ2n) is 4.59. The molecule has 0 amide bonds. The van der Waals surface area contributed by atoms with Crippen molar-refractivity contribution in [2.75, 3.05) is 13.7 Å². The molecule has 1 unspecified atom stereocenters. The predicted octanol–water partition coefficient (Wildman–Crippen LogP) is 2.61. The van der Waals surface area contributed by atoms with E-state index in [0.717, 1.165) is 18.8 Å². The highest BCUT2D eigenvalue weighted by Gasteiger charge is 2.09. The summed E-state index contributed by atoms with van der Waals surface area (Å²) in [6, 6.07) is 6.70. The molecule has 4 heteroatoms. The Balaban J connectivity index is 2.25. The van der Waals surface area contributed by atoms with E-state index in [0.29, 0.717) is 6.04 Å². The molecule has 0 radical (unpaired) electrons. The van der Waals surface area contributed by atoms with Crippen LogP contribution in [0.2, 0.25) is 0 Å². The van der Waals surface area contributed by atoms with Gasteiger partial charge in [-0.3, -0.25) is 0 Å². The quantitative estimate of drug-likeness (QED) is 0.866. The third kappa shape index (κ3) is 3.35. The summed E-state index contributed by atoms with van der Waals surface area (Å²) in [5.41, 5.74) is 2.44. The highest BCUT2D eigenvalue weighted by Crippen LogP contribution is 2.24. The van der Waals surface area contributed by atoms with Crippen molar-refractivity contribution < 1.29 is 4.74 Å². The summed E-state index contributed by atoms with van der Waals surface area (Å²) in [5.74, 6) is 0.918. The highest BCUT2D eigenvalue weighted by atomic mass is 16.5. The number of rotatable bonds is 6. The van der Waals surface area contributed by atoms with E-state index in [-0.39, 0.29) is 0 Å². The maximum absolute atomic E-state index is 5.43. The van der Waals surface area contributed by atoms with Crippen LogP contribution in [0.3, 0.4) is 0 Å². The standard InChI is InChI=1S/C15H21N3O/c1-4-17-12(2)13-5-6-15(19-3)14(9-13)10-18-8-7-16-11-18/h5-9,11-12,17H,4,10H2,1-3H3. The maximum Gasteiger partial charge on any atom is 0.123 e. The number of hydrogen-bond donors (Lipinski definition) is 1. The molecule has 1 N–H and O–H groups in total. The first-order valence-corrected chi connectivity index (χ1v) is 6.60. The zero-order chi connectivity index (χ0) is 13.7. The Hall–Kier alpha value is -1.81. The van der Waals surface area contributed by atoms with Crippen molar-refractivity contribution in [1.29, 1.82) is 0 Å². The van der Waals surface area contributed by atoms with Crippen molar-refractivity contribution in [2.24, 2.45) is 0 Å². The molecule has 0 bridgehead atoms. The van der Waals surface area contributed by atoms with Gasteiger partial charge in [-0.15, -0.1) is 0 Å². The van der Waals surface area contributed by atoms with E-state index in [1.165, 1.54) is 11.1 Å². The van der Waals surface area contributed by atoms with Crippen molar-refractivity contribution in [3.05, 3.63) is 48.0 Å². The van der Waals surface area contributed by atoms with Crippen molar-refractivity contribution in [3.63, 3.8) is 0 Å². The highest BCUT2D eigenvalue weighted by molar-refractivity contribution is 5.38. The number of ether oxygens (including phenoxy) is 1. The van der Waals surface area contributed by atoms with Gasteiger partial charge in [0.2, 0.25) is 0 Å². The van der Waals surface area contributed by atoms with Crippen LogP contribution in [0.4, 0.5) is 0 Å². The Labute approximate surface area is 114 Å². The Kier molecular flexibility index (Phi) is 4.58. The zero-order valence-corrected chi connectivity index (χ0v) is 11.8. The molecule has 2 rings (SSSR count). The SMILES string of the molecule is CCNC(C)c1ccc(OC)c(Cn2ccnc2)c1. The molecule has 1 heterocycles. The van der Waals surface area contributed by atoms with Gasteiger partial charge >= 0.3 is 0 Å². The lowest BCUT2D eigenvalue weighted by molar-refractivity contribution is 0.408. The van der Waals surface area contributed by atoms with Crippen LogP contribution in [0.25, 0.3) is 0 Å². The lowest BCUT2D eigenvalue weighted by atomic mass is 10.0. The zero-order valence-electron chi connectivity index (χ0n) is 11.8. The first-order chi connectivity index (χ1) is 9.24. The van der Waals surface area contributed by atoms with Crippen LogP contribution < -0.4 is 10.1 Å². The molecule has 0 aliphatic heterocycles. The van der Waals surface area contributed by atoms with Crippen LogP contribution in [0, 0.1) is 0 Å². The van der Waals surface area contributed by atoms with E-state index in [4.69, 9.17) is 4.74 Å². The van der Waals surface area contributed by atoms with Gasteiger partial charge in [0.15, 0.2) is 0 Å². The monoisotopic (exact) mass is 259 g/mol. The number of nitrogens with one attached hydrogen (secondary N) is 1. The van der Waals surface area contributed by atoms with Gasteiger partial charge in [-0.05, 0) is 31.2 Å². The Morgan fingerprint density at radius 1 is 1.42 bits per heavy atom. The van der Waals surface area contributed by atoms with Gasteiger partial charge in [0.05, 0.1) is 20.0 Å². The Morgan fingerprint density at radius 3 is 2.89 bits per heavy atom. The Morgan fingerprint density at radius 2 is 2.26 bits per heavy atom. The predicted molar refractivity (Wildman–Crippen MR) is 76.4 cm³/mol. The summed E-state index contributed by atoms with van der Waals surface area (Å²) >= 11 is 0. The minimum absolute atomic E-state index is 0.345. The van der Waals surface area contributed by atoms with Crippen LogP contribution >= 0.6 is 0 Å². The first-order valence-electron chi connectivity index (χ1n) is 6.60. The van der Waals surface area contributed by atoms with Crippen LogP contribution in [-0.2, 0) is 6.54 Å². The normalized spacial score (nSPS) is 12.4. The molecule has 0 saturated carbocycles. The molecule has 4 nitrogen and oxygen atoms in total. The average molecular weight is 259 g/mol. The van der Waals surface area contributed by atoms with E-state index in [2.05, 4.69) is 36.3 Å². The molecule has 1 aromatic heterocycles. The van der Waals surface area contributed by atoms with E-state index in [9.17, 15) is 0 Å². The molecule has 0 aliphatic carbocycles. The second kappa shape index (κ2) is 6.38. The molecule has 1 atom stereocenters. The molecule has 0 saturated heterocycles. The topological polar surface area (TPSA) is 39.1 Å². The van der Waals surface area contributed by atoms with Crippen molar-refractivity contribution in [3.8, 4) is 5.75 Å². The van der Waals surface area contributed by atoms with Gasteiger partial charge in [-0.25, -0.2) is 4.98 Å². The van der Waals surface area contributed by atoms with E-state index < -0.39 is 0 Å². The van der Waals surface area contributed by atoms with Gasteiger partial charge in [-0.1, -0.05) is 13.0 Å². The van der Waals surface area contributed by atoms with Crippen molar-refractivity contribution >= 4 is 0 Å². The number of benzene rings is 1. The van der Waals surface area contributed by atoms with E-state index in [1.807, 2.05) is 23.2 Å². The lowest BCUT2D eigenvalue weighted by Crippen LogP contribution is -2.18. The minimum atomic E-state index is 0.345. The van der Waals surface area contributed by atoms with Crippen molar-refractivity contribution in [1.82, 2.24) is 14.9 Å². The summed E-state index contributed by atoms with van der Waals surface area (Å²) in [7, 11) is 1.71. The second-order valence-corrected chi connectivity index (χ2v) is 4.59. The summed E-state index contributed by atoms with van der Waals surface area (Å²) in [6.07, 6.45) is 5.57. The molecule has 0 aliphatic rings. The lowest BCUT2D eigenvalue weighted by Gasteiger charge is -2.16. The molecular weight excluding hydrogens is 238 g/mol. The van der Waals surface area contributed by atoms with E-state index >= 15 is 0 Å². The van der Waals surface area contributed by atoms with Gasteiger partial charge in [-0.2, -0.15) is 0 Å². The van der Waals surface area contributed by atoms with Gasteiger partial charge in [0.1, 0.15) is 5.75 Å². The number of nitrogens with zero attached hydrogens (tertiary/aromatic N) is 2. The molecule has 1 aromatic carbocycles. The third-order valence-electron chi connectivity index (χ3n) is 3.23. The smallest absolute Gasteiger partial charge is 0.123 e. The maximum atomic E-state index is 5.43. The number of aromatic nitrogens is 2. The fraction of sp³-hybridized carbons (Fsp3) is 0.400. The van der Waals surface area contributed by atoms with Crippen molar-refractivity contribution in [2.45, 2.75) is 26.4 Å². The molecule has 102 valence electrons. The summed E-state index contributed by atoms with van der Waals surface area (Å²) in [5, 5.41) is 3.43. The molecule has 2 aromatic rings. The largest absolute Gasteiger partial charge is 0.496 e. The van der Waals surface area contributed by atoms with Gasteiger partial charge < -0.3 is 14.6 Å². The minimum Gasteiger partial charge on any atom is -0.496 e. The summed E-state index contributed by atoms with van der Waals surface area (Å²) in [4.78, 5) is 4.07. The first kappa shape index (κ1) is 13.6. The number of imidazole rings is 1. The Bertz CT molecular complexity index is 508. The molecular formula is C15H21N3O. The van der Waals surface area contributed by atoms with Crippen LogP contribution in [0.1, 0.15) is 31.0 Å². The molecule has 19 heavy (non-hydrogen) atoms. The summed E-state index contributed by atoms with van der Waals surface area (Å²) < 4.78 is 7.48. The van der Waals surface area contributed by atoms with Crippen LogP contribution in [0.5, 0.6) is 5.75 Å². The fourth-order valence-electron chi connectivity index (χ4n) is 2.19.